The number of hydrogen-bond acceptors (Lipinski definition) is 3. The zero-order valence-electron chi connectivity index (χ0n) is 14.6. The van der Waals surface area contributed by atoms with Crippen LogP contribution in [0, 0.1) is 13.8 Å². The van der Waals surface area contributed by atoms with Crippen molar-refractivity contribution in [3.8, 4) is 0 Å². The fourth-order valence-corrected chi connectivity index (χ4v) is 3.10. The SMILES string of the molecule is CCNC(=NCc1nc(C)c(C)s1)NCCCc1ccccc1.I. The molecule has 2 N–H and O–H groups in total. The standard InChI is InChI=1S/C18H26N4S.HI/c1-4-19-18(21-13-17-22-14(2)15(3)23-17)20-12-8-11-16-9-6-5-7-10-16;/h5-7,9-10H,4,8,11-13H2,1-3H3,(H2,19,20,21);1H. The van der Waals surface area contributed by atoms with Gasteiger partial charge in [-0.15, -0.1) is 35.3 Å². The third-order valence-corrected chi connectivity index (χ3v) is 4.62. The Balaban J connectivity index is 0.00000288. The third kappa shape index (κ3) is 7.17. The van der Waals surface area contributed by atoms with Gasteiger partial charge in [-0.3, -0.25) is 0 Å². The predicted molar refractivity (Wildman–Crippen MR) is 115 cm³/mol. The van der Waals surface area contributed by atoms with Gasteiger partial charge in [-0.05, 0) is 39.2 Å². The van der Waals surface area contributed by atoms with Crippen molar-refractivity contribution in [3.05, 3.63) is 51.5 Å². The molecular formula is C18H27IN4S. The first-order chi connectivity index (χ1) is 11.2. The van der Waals surface area contributed by atoms with E-state index in [1.54, 1.807) is 11.3 Å². The monoisotopic (exact) mass is 458 g/mol. The van der Waals surface area contributed by atoms with Crippen LogP contribution < -0.4 is 10.6 Å². The molecule has 0 saturated heterocycles. The van der Waals surface area contributed by atoms with Crippen LogP contribution in [0.15, 0.2) is 35.3 Å². The zero-order chi connectivity index (χ0) is 16.5. The van der Waals surface area contributed by atoms with Crippen molar-refractivity contribution in [3.63, 3.8) is 0 Å². The Kier molecular flexibility index (Phi) is 9.94. The van der Waals surface area contributed by atoms with Gasteiger partial charge in [-0.1, -0.05) is 30.3 Å². The minimum absolute atomic E-state index is 0. The Morgan fingerprint density at radius 2 is 1.92 bits per heavy atom. The van der Waals surface area contributed by atoms with E-state index in [-0.39, 0.29) is 24.0 Å². The molecule has 4 nitrogen and oxygen atoms in total. The average molecular weight is 458 g/mol. The zero-order valence-corrected chi connectivity index (χ0v) is 17.8. The van der Waals surface area contributed by atoms with E-state index in [1.807, 2.05) is 6.92 Å². The number of aromatic nitrogens is 1. The summed E-state index contributed by atoms with van der Waals surface area (Å²) in [6.45, 7) is 8.64. The van der Waals surface area contributed by atoms with Crippen LogP contribution in [0.1, 0.15) is 34.5 Å². The summed E-state index contributed by atoms with van der Waals surface area (Å²) in [5.41, 5.74) is 2.49. The van der Waals surface area contributed by atoms with Gasteiger partial charge in [0.25, 0.3) is 0 Å². The smallest absolute Gasteiger partial charge is 0.191 e. The van der Waals surface area contributed by atoms with Crippen molar-refractivity contribution in [2.75, 3.05) is 13.1 Å². The summed E-state index contributed by atoms with van der Waals surface area (Å²) in [6, 6.07) is 10.6. The Labute approximate surface area is 166 Å². The first-order valence-electron chi connectivity index (χ1n) is 8.18. The molecule has 0 aliphatic carbocycles. The number of aryl methyl sites for hydroxylation is 3. The van der Waals surface area contributed by atoms with E-state index in [4.69, 9.17) is 0 Å². The lowest BCUT2D eigenvalue weighted by Crippen LogP contribution is -2.37. The van der Waals surface area contributed by atoms with Crippen molar-refractivity contribution in [1.29, 1.82) is 0 Å². The predicted octanol–water partition coefficient (Wildman–Crippen LogP) is 4.07. The highest BCUT2D eigenvalue weighted by Crippen LogP contribution is 2.16. The topological polar surface area (TPSA) is 49.3 Å². The number of nitrogens with one attached hydrogen (secondary N) is 2. The van der Waals surface area contributed by atoms with Crippen LogP contribution in [0.25, 0.3) is 0 Å². The molecule has 0 fully saturated rings. The number of guanidine groups is 1. The third-order valence-electron chi connectivity index (χ3n) is 3.57. The number of halogens is 1. The number of thiazole rings is 1. The molecule has 0 radical (unpaired) electrons. The van der Waals surface area contributed by atoms with Crippen LogP contribution >= 0.6 is 35.3 Å². The van der Waals surface area contributed by atoms with Gasteiger partial charge in [-0.25, -0.2) is 9.98 Å². The van der Waals surface area contributed by atoms with Crippen LogP contribution in [0.2, 0.25) is 0 Å². The Bertz CT molecular complexity index is 606. The van der Waals surface area contributed by atoms with E-state index >= 15 is 0 Å². The largest absolute Gasteiger partial charge is 0.357 e. The van der Waals surface area contributed by atoms with Crippen LogP contribution in [0.3, 0.4) is 0 Å². The number of nitrogens with zero attached hydrogens (tertiary/aromatic N) is 2. The number of aliphatic imine (C=N–C) groups is 1. The molecule has 2 rings (SSSR count). The second-order valence-electron chi connectivity index (χ2n) is 5.46. The Morgan fingerprint density at radius 1 is 1.17 bits per heavy atom. The van der Waals surface area contributed by atoms with E-state index in [1.165, 1.54) is 10.4 Å². The van der Waals surface area contributed by atoms with Gasteiger partial charge in [0.15, 0.2) is 5.96 Å². The summed E-state index contributed by atoms with van der Waals surface area (Å²) in [7, 11) is 0. The number of hydrogen-bond donors (Lipinski definition) is 2. The van der Waals surface area contributed by atoms with Gasteiger partial charge in [0.1, 0.15) is 5.01 Å². The number of benzene rings is 1. The van der Waals surface area contributed by atoms with Crippen LogP contribution in [0.4, 0.5) is 0 Å². The quantitative estimate of drug-likeness (QED) is 0.285. The van der Waals surface area contributed by atoms with Crippen LogP contribution in [-0.2, 0) is 13.0 Å². The van der Waals surface area contributed by atoms with E-state index in [0.717, 1.165) is 42.6 Å². The van der Waals surface area contributed by atoms with Gasteiger partial charge >= 0.3 is 0 Å². The maximum atomic E-state index is 4.63. The van der Waals surface area contributed by atoms with Crippen molar-refractivity contribution >= 4 is 41.3 Å². The van der Waals surface area contributed by atoms with E-state index < -0.39 is 0 Å². The summed E-state index contributed by atoms with van der Waals surface area (Å²) >= 11 is 1.73. The van der Waals surface area contributed by atoms with Crippen molar-refractivity contribution < 1.29 is 0 Å². The molecule has 0 unspecified atom stereocenters. The molecule has 2 aromatic rings. The molecule has 0 aliphatic rings. The lowest BCUT2D eigenvalue weighted by atomic mass is 10.1. The summed E-state index contributed by atoms with van der Waals surface area (Å²) in [5, 5.41) is 7.76. The maximum Gasteiger partial charge on any atom is 0.191 e. The lowest BCUT2D eigenvalue weighted by Gasteiger charge is -2.10. The van der Waals surface area contributed by atoms with Crippen molar-refractivity contribution in [1.82, 2.24) is 15.6 Å². The lowest BCUT2D eigenvalue weighted by molar-refractivity contribution is 0.743. The molecule has 1 heterocycles. The molecule has 0 spiro atoms. The fraction of sp³-hybridized carbons (Fsp3) is 0.444. The molecule has 24 heavy (non-hydrogen) atoms. The molecule has 0 bridgehead atoms. The fourth-order valence-electron chi connectivity index (χ4n) is 2.24. The maximum absolute atomic E-state index is 4.63. The molecule has 1 aromatic heterocycles. The van der Waals surface area contributed by atoms with Gasteiger partial charge < -0.3 is 10.6 Å². The molecule has 0 amide bonds. The minimum atomic E-state index is 0. The van der Waals surface area contributed by atoms with E-state index in [2.05, 4.69) is 64.8 Å². The highest BCUT2D eigenvalue weighted by molar-refractivity contribution is 14.0. The van der Waals surface area contributed by atoms with Gasteiger partial charge in [0, 0.05) is 18.0 Å². The summed E-state index contributed by atoms with van der Waals surface area (Å²) < 4.78 is 0. The molecule has 6 heteroatoms. The Hall–Kier alpha value is -1.15. The second-order valence-corrected chi connectivity index (χ2v) is 6.75. The number of rotatable bonds is 7. The molecule has 0 saturated carbocycles. The van der Waals surface area contributed by atoms with Crippen molar-refractivity contribution in [2.24, 2.45) is 4.99 Å². The van der Waals surface area contributed by atoms with Crippen LogP contribution in [0.5, 0.6) is 0 Å². The van der Waals surface area contributed by atoms with E-state index in [0.29, 0.717) is 6.54 Å². The molecular weight excluding hydrogens is 431 g/mol. The normalized spacial score (nSPS) is 11.0. The molecule has 0 aliphatic heterocycles. The van der Waals surface area contributed by atoms with Crippen molar-refractivity contribution in [2.45, 2.75) is 40.2 Å². The average Bonchev–Trinajstić information content (AvgIpc) is 2.88. The summed E-state index contributed by atoms with van der Waals surface area (Å²) in [4.78, 5) is 10.4. The first-order valence-corrected chi connectivity index (χ1v) is 8.99. The van der Waals surface area contributed by atoms with E-state index in [9.17, 15) is 0 Å². The van der Waals surface area contributed by atoms with Gasteiger partial charge in [-0.2, -0.15) is 0 Å². The molecule has 0 atom stereocenters. The first kappa shape index (κ1) is 20.9. The Morgan fingerprint density at radius 3 is 2.54 bits per heavy atom. The second kappa shape index (κ2) is 11.4. The van der Waals surface area contributed by atoms with Gasteiger partial charge in [0.05, 0.1) is 12.2 Å². The minimum Gasteiger partial charge on any atom is -0.357 e. The highest BCUT2D eigenvalue weighted by Gasteiger charge is 2.03. The molecule has 132 valence electrons. The highest BCUT2D eigenvalue weighted by atomic mass is 127. The van der Waals surface area contributed by atoms with Crippen LogP contribution in [-0.4, -0.2) is 24.0 Å². The molecule has 1 aromatic carbocycles. The summed E-state index contributed by atoms with van der Waals surface area (Å²) in [5.74, 6) is 0.867. The summed E-state index contributed by atoms with van der Waals surface area (Å²) in [6.07, 6.45) is 2.17. The van der Waals surface area contributed by atoms with Gasteiger partial charge in [0.2, 0.25) is 0 Å².